The van der Waals surface area contributed by atoms with Crippen molar-refractivity contribution in [1.29, 1.82) is 0 Å². The molecule has 16 heavy (non-hydrogen) atoms. The first kappa shape index (κ1) is 11.0. The molecule has 2 saturated heterocycles. The molecule has 3 aliphatic rings. The third-order valence-corrected chi connectivity index (χ3v) is 5.04. The number of hydrogen-bond donors (Lipinski definition) is 0. The fraction of sp³-hybridized carbons (Fsp3) is 1.00. The lowest BCUT2D eigenvalue weighted by atomic mass is 10.1. The molecule has 0 aromatic carbocycles. The third kappa shape index (κ3) is 1.80. The number of nitrogens with zero attached hydrogens (tertiary/aromatic N) is 2. The van der Waals surface area contributed by atoms with E-state index >= 15 is 0 Å². The molecule has 3 rings (SSSR count). The quantitative estimate of drug-likeness (QED) is 0.708. The van der Waals surface area contributed by atoms with Crippen molar-refractivity contribution in [3.63, 3.8) is 0 Å². The van der Waals surface area contributed by atoms with E-state index in [-0.39, 0.29) is 0 Å². The summed E-state index contributed by atoms with van der Waals surface area (Å²) >= 11 is 0. The SMILES string of the molecule is CC(C)N1CC2CCC(C1)N2C1CCCC1. The van der Waals surface area contributed by atoms with Gasteiger partial charge in [0.2, 0.25) is 0 Å². The highest BCUT2D eigenvalue weighted by Crippen LogP contribution is 2.37. The maximum absolute atomic E-state index is 2.92. The molecule has 2 heteroatoms. The number of likely N-dealkylation sites (tertiary alicyclic amines) is 1. The van der Waals surface area contributed by atoms with Gasteiger partial charge in [-0.15, -0.1) is 0 Å². The van der Waals surface area contributed by atoms with Crippen LogP contribution in [0, 0.1) is 0 Å². The van der Waals surface area contributed by atoms with Crippen LogP contribution < -0.4 is 0 Å². The van der Waals surface area contributed by atoms with Gasteiger partial charge in [-0.2, -0.15) is 0 Å². The van der Waals surface area contributed by atoms with Crippen LogP contribution in [-0.2, 0) is 0 Å². The van der Waals surface area contributed by atoms with Gasteiger partial charge in [-0.3, -0.25) is 9.80 Å². The largest absolute Gasteiger partial charge is 0.298 e. The molecule has 1 aliphatic carbocycles. The monoisotopic (exact) mass is 222 g/mol. The van der Waals surface area contributed by atoms with Crippen LogP contribution in [0.4, 0.5) is 0 Å². The third-order valence-electron chi connectivity index (χ3n) is 5.04. The number of hydrogen-bond acceptors (Lipinski definition) is 2. The van der Waals surface area contributed by atoms with Gasteiger partial charge in [0.25, 0.3) is 0 Å². The fourth-order valence-corrected chi connectivity index (χ4v) is 4.19. The molecule has 0 aromatic rings. The molecule has 2 bridgehead atoms. The molecule has 0 radical (unpaired) electrons. The molecule has 0 amide bonds. The van der Waals surface area contributed by atoms with E-state index in [1.54, 1.807) is 0 Å². The second kappa shape index (κ2) is 4.30. The van der Waals surface area contributed by atoms with Crippen molar-refractivity contribution in [1.82, 2.24) is 9.80 Å². The molecule has 92 valence electrons. The van der Waals surface area contributed by atoms with Gasteiger partial charge in [-0.25, -0.2) is 0 Å². The van der Waals surface area contributed by atoms with Crippen molar-refractivity contribution in [3.8, 4) is 0 Å². The van der Waals surface area contributed by atoms with Crippen molar-refractivity contribution in [2.75, 3.05) is 13.1 Å². The maximum atomic E-state index is 2.92. The Bertz CT molecular complexity index is 231. The van der Waals surface area contributed by atoms with Crippen LogP contribution in [0.1, 0.15) is 52.4 Å². The lowest BCUT2D eigenvalue weighted by Crippen LogP contribution is -2.57. The van der Waals surface area contributed by atoms with Crippen LogP contribution in [0.15, 0.2) is 0 Å². The van der Waals surface area contributed by atoms with Gasteiger partial charge in [0, 0.05) is 37.3 Å². The van der Waals surface area contributed by atoms with Crippen molar-refractivity contribution in [2.45, 2.75) is 76.5 Å². The summed E-state index contributed by atoms with van der Waals surface area (Å²) in [5.74, 6) is 0. The minimum atomic E-state index is 0.744. The predicted octanol–water partition coefficient (Wildman–Crippen LogP) is 2.49. The van der Waals surface area contributed by atoms with E-state index in [4.69, 9.17) is 0 Å². The highest BCUT2D eigenvalue weighted by Gasteiger charge is 2.43. The molecule has 2 nitrogen and oxygen atoms in total. The molecule has 2 heterocycles. The molecule has 2 unspecified atom stereocenters. The topological polar surface area (TPSA) is 6.48 Å². The summed E-state index contributed by atoms with van der Waals surface area (Å²) in [6.07, 6.45) is 8.85. The lowest BCUT2D eigenvalue weighted by Gasteiger charge is -2.45. The van der Waals surface area contributed by atoms with E-state index < -0.39 is 0 Å². The van der Waals surface area contributed by atoms with E-state index in [1.165, 1.54) is 51.6 Å². The zero-order valence-corrected chi connectivity index (χ0v) is 10.9. The van der Waals surface area contributed by atoms with Crippen LogP contribution in [0.25, 0.3) is 0 Å². The smallest absolute Gasteiger partial charge is 0.0230 e. The van der Waals surface area contributed by atoms with Gasteiger partial charge in [-0.05, 0) is 39.5 Å². The van der Waals surface area contributed by atoms with E-state index in [9.17, 15) is 0 Å². The molecule has 2 aliphatic heterocycles. The summed E-state index contributed by atoms with van der Waals surface area (Å²) in [7, 11) is 0. The zero-order valence-electron chi connectivity index (χ0n) is 10.9. The van der Waals surface area contributed by atoms with Gasteiger partial charge in [0.1, 0.15) is 0 Å². The van der Waals surface area contributed by atoms with E-state index in [0.29, 0.717) is 0 Å². The molecular weight excluding hydrogens is 196 g/mol. The molecular formula is C14H26N2. The average Bonchev–Trinajstić information content (AvgIpc) is 2.83. The molecule has 0 N–H and O–H groups in total. The van der Waals surface area contributed by atoms with Gasteiger partial charge in [0.05, 0.1) is 0 Å². The van der Waals surface area contributed by atoms with Gasteiger partial charge < -0.3 is 0 Å². The van der Waals surface area contributed by atoms with Crippen molar-refractivity contribution >= 4 is 0 Å². The second-order valence-electron chi connectivity index (χ2n) is 6.32. The van der Waals surface area contributed by atoms with Crippen LogP contribution in [0.2, 0.25) is 0 Å². The molecule has 3 fully saturated rings. The first-order valence-corrected chi connectivity index (χ1v) is 7.27. The normalized spacial score (nSPS) is 37.7. The van der Waals surface area contributed by atoms with Crippen LogP contribution >= 0.6 is 0 Å². The molecule has 0 spiro atoms. The van der Waals surface area contributed by atoms with Gasteiger partial charge in [0.15, 0.2) is 0 Å². The van der Waals surface area contributed by atoms with E-state index in [1.807, 2.05) is 0 Å². The predicted molar refractivity (Wildman–Crippen MR) is 67.6 cm³/mol. The molecule has 0 aromatic heterocycles. The summed E-state index contributed by atoms with van der Waals surface area (Å²) in [6.45, 7) is 7.38. The number of fused-ring (bicyclic) bond motifs is 2. The van der Waals surface area contributed by atoms with Crippen molar-refractivity contribution in [2.24, 2.45) is 0 Å². The number of piperazine rings is 1. The number of rotatable bonds is 2. The fourth-order valence-electron chi connectivity index (χ4n) is 4.19. The first-order chi connectivity index (χ1) is 7.75. The molecule has 2 atom stereocenters. The van der Waals surface area contributed by atoms with E-state index in [2.05, 4.69) is 23.6 Å². The first-order valence-electron chi connectivity index (χ1n) is 7.27. The summed E-state index contributed by atoms with van der Waals surface area (Å²) in [5.41, 5.74) is 0. The second-order valence-corrected chi connectivity index (χ2v) is 6.32. The van der Waals surface area contributed by atoms with Gasteiger partial charge >= 0.3 is 0 Å². The summed E-state index contributed by atoms with van der Waals surface area (Å²) in [4.78, 5) is 5.62. The molecule has 1 saturated carbocycles. The van der Waals surface area contributed by atoms with Gasteiger partial charge in [-0.1, -0.05) is 12.8 Å². The van der Waals surface area contributed by atoms with Crippen LogP contribution in [0.3, 0.4) is 0 Å². The Morgan fingerprint density at radius 2 is 1.38 bits per heavy atom. The highest BCUT2D eigenvalue weighted by molar-refractivity contribution is 5.00. The zero-order chi connectivity index (χ0) is 11.1. The Labute approximate surface area is 100.0 Å². The van der Waals surface area contributed by atoms with E-state index in [0.717, 1.165) is 24.2 Å². The Balaban J connectivity index is 1.70. The standard InChI is InChI=1S/C14H26N2/c1-11(2)15-9-13-7-8-14(10-15)16(13)12-5-3-4-6-12/h11-14H,3-10H2,1-2H3. The Kier molecular flexibility index (Phi) is 2.97. The minimum absolute atomic E-state index is 0.744. The van der Waals surface area contributed by atoms with Crippen LogP contribution in [-0.4, -0.2) is 47.1 Å². The summed E-state index contributed by atoms with van der Waals surface area (Å²) in [6, 6.07) is 3.48. The Hall–Kier alpha value is -0.0800. The lowest BCUT2D eigenvalue weighted by molar-refractivity contribution is 0.0211. The Morgan fingerprint density at radius 1 is 0.812 bits per heavy atom. The van der Waals surface area contributed by atoms with Crippen LogP contribution in [0.5, 0.6) is 0 Å². The van der Waals surface area contributed by atoms with Crippen molar-refractivity contribution < 1.29 is 0 Å². The summed E-state index contributed by atoms with van der Waals surface area (Å²) < 4.78 is 0. The van der Waals surface area contributed by atoms with Crippen molar-refractivity contribution in [3.05, 3.63) is 0 Å². The highest BCUT2D eigenvalue weighted by atomic mass is 15.3. The summed E-state index contributed by atoms with van der Waals surface area (Å²) in [5, 5.41) is 0. The minimum Gasteiger partial charge on any atom is -0.298 e. The average molecular weight is 222 g/mol. The maximum Gasteiger partial charge on any atom is 0.0230 e. The Morgan fingerprint density at radius 3 is 1.88 bits per heavy atom.